The Kier molecular flexibility index (Phi) is 5.01. The summed E-state index contributed by atoms with van der Waals surface area (Å²) in [5.74, 6) is 0. The summed E-state index contributed by atoms with van der Waals surface area (Å²) >= 11 is 1.60. The third-order valence-electron chi connectivity index (χ3n) is 3.09. The van der Waals surface area contributed by atoms with E-state index in [0.717, 1.165) is 17.3 Å². The fraction of sp³-hybridized carbons (Fsp3) is 0.412. The van der Waals surface area contributed by atoms with Crippen LogP contribution in [-0.2, 0) is 6.54 Å². The number of aromatic nitrogens is 2. The summed E-state index contributed by atoms with van der Waals surface area (Å²) in [6.07, 6.45) is 3.70. The number of hydrogen-bond acceptors (Lipinski definition) is 4. The highest BCUT2D eigenvalue weighted by Gasteiger charge is 2.10. The minimum absolute atomic E-state index is 0.135. The highest BCUT2D eigenvalue weighted by atomic mass is 32.2. The van der Waals surface area contributed by atoms with Crippen LogP contribution in [0.15, 0.2) is 40.6 Å². The zero-order valence-electron chi connectivity index (χ0n) is 13.4. The average molecular weight is 301 g/mol. The first-order valence-corrected chi connectivity index (χ1v) is 7.96. The summed E-state index contributed by atoms with van der Waals surface area (Å²) in [6, 6.07) is 6.53. The Hall–Kier alpha value is -1.39. The molecule has 0 spiro atoms. The summed E-state index contributed by atoms with van der Waals surface area (Å²) in [6.45, 7) is 11.6. The van der Waals surface area contributed by atoms with Gasteiger partial charge < -0.3 is 5.32 Å². The molecule has 2 rings (SSSR count). The first kappa shape index (κ1) is 16.0. The van der Waals surface area contributed by atoms with Crippen LogP contribution in [0.5, 0.6) is 0 Å². The molecule has 0 aliphatic carbocycles. The second-order valence-corrected chi connectivity index (χ2v) is 7.38. The van der Waals surface area contributed by atoms with E-state index < -0.39 is 0 Å². The molecule has 0 fully saturated rings. The number of rotatable bonds is 4. The molecule has 0 amide bonds. The molecule has 21 heavy (non-hydrogen) atoms. The van der Waals surface area contributed by atoms with Gasteiger partial charge in [-0.1, -0.05) is 6.07 Å². The molecule has 0 bridgehead atoms. The molecular weight excluding hydrogens is 278 g/mol. The molecule has 0 atom stereocenters. The van der Waals surface area contributed by atoms with Crippen molar-refractivity contribution < 1.29 is 0 Å². The van der Waals surface area contributed by atoms with Gasteiger partial charge in [0.15, 0.2) is 5.16 Å². The molecule has 0 aliphatic rings. The second-order valence-electron chi connectivity index (χ2n) is 6.34. The molecule has 2 aromatic rings. The van der Waals surface area contributed by atoms with Crippen LogP contribution < -0.4 is 5.32 Å². The largest absolute Gasteiger partial charge is 0.308 e. The fourth-order valence-corrected chi connectivity index (χ4v) is 2.62. The molecule has 4 heteroatoms. The molecule has 1 heterocycles. The summed E-state index contributed by atoms with van der Waals surface area (Å²) in [7, 11) is 0. The first-order valence-electron chi connectivity index (χ1n) is 7.14. The molecule has 0 radical (unpaired) electrons. The monoisotopic (exact) mass is 301 g/mol. The van der Waals surface area contributed by atoms with Crippen molar-refractivity contribution in [3.05, 3.63) is 47.3 Å². The predicted octanol–water partition coefficient (Wildman–Crippen LogP) is 4.13. The van der Waals surface area contributed by atoms with E-state index in [1.807, 2.05) is 19.3 Å². The standard InChI is InChI=1S/C17H23N3S/c1-12-9-18-16(19-10-12)21-15-7-6-14(13(2)8-15)11-20-17(3,4)5/h6-10,20H,11H2,1-5H3. The Morgan fingerprint density at radius 1 is 1.10 bits per heavy atom. The van der Waals surface area contributed by atoms with Gasteiger partial charge in [0.25, 0.3) is 0 Å². The smallest absolute Gasteiger partial charge is 0.192 e. The van der Waals surface area contributed by atoms with E-state index >= 15 is 0 Å². The van der Waals surface area contributed by atoms with Gasteiger partial charge in [0.1, 0.15) is 0 Å². The maximum Gasteiger partial charge on any atom is 0.192 e. The minimum atomic E-state index is 0.135. The Balaban J connectivity index is 2.06. The van der Waals surface area contributed by atoms with Gasteiger partial charge in [0, 0.05) is 29.4 Å². The summed E-state index contributed by atoms with van der Waals surface area (Å²) < 4.78 is 0. The van der Waals surface area contributed by atoms with Crippen molar-refractivity contribution in [1.82, 2.24) is 15.3 Å². The lowest BCUT2D eigenvalue weighted by atomic mass is 10.1. The lowest BCUT2D eigenvalue weighted by molar-refractivity contribution is 0.424. The van der Waals surface area contributed by atoms with E-state index in [1.165, 1.54) is 16.0 Å². The summed E-state index contributed by atoms with van der Waals surface area (Å²) in [5.41, 5.74) is 3.84. The van der Waals surface area contributed by atoms with Gasteiger partial charge in [0.2, 0.25) is 0 Å². The van der Waals surface area contributed by atoms with Crippen molar-refractivity contribution in [2.45, 2.75) is 56.8 Å². The maximum atomic E-state index is 4.33. The van der Waals surface area contributed by atoms with Gasteiger partial charge in [-0.25, -0.2) is 9.97 Å². The molecule has 0 unspecified atom stereocenters. The Bertz CT molecular complexity index is 600. The van der Waals surface area contributed by atoms with Crippen molar-refractivity contribution >= 4 is 11.8 Å². The normalized spacial score (nSPS) is 11.7. The third kappa shape index (κ3) is 5.14. The van der Waals surface area contributed by atoms with Crippen molar-refractivity contribution in [2.75, 3.05) is 0 Å². The van der Waals surface area contributed by atoms with Crippen molar-refractivity contribution in [3.8, 4) is 0 Å². The maximum absolute atomic E-state index is 4.33. The number of nitrogens with one attached hydrogen (secondary N) is 1. The lowest BCUT2D eigenvalue weighted by Crippen LogP contribution is -2.35. The third-order valence-corrected chi connectivity index (χ3v) is 3.97. The van der Waals surface area contributed by atoms with Gasteiger partial charge in [-0.15, -0.1) is 0 Å². The molecular formula is C17H23N3S. The first-order chi connectivity index (χ1) is 9.83. The van der Waals surface area contributed by atoms with Gasteiger partial charge in [0.05, 0.1) is 0 Å². The van der Waals surface area contributed by atoms with Gasteiger partial charge in [-0.2, -0.15) is 0 Å². The van der Waals surface area contributed by atoms with E-state index in [9.17, 15) is 0 Å². The molecule has 112 valence electrons. The highest BCUT2D eigenvalue weighted by Crippen LogP contribution is 2.26. The molecule has 3 nitrogen and oxygen atoms in total. The number of nitrogens with zero attached hydrogens (tertiary/aromatic N) is 2. The van der Waals surface area contributed by atoms with Gasteiger partial charge in [-0.05, 0) is 75.2 Å². The molecule has 1 aromatic carbocycles. The number of aryl methyl sites for hydroxylation is 2. The van der Waals surface area contributed by atoms with E-state index in [1.54, 1.807) is 11.8 Å². The van der Waals surface area contributed by atoms with Crippen LogP contribution in [0.1, 0.15) is 37.5 Å². The summed E-state index contributed by atoms with van der Waals surface area (Å²) in [4.78, 5) is 9.84. The zero-order chi connectivity index (χ0) is 15.5. The van der Waals surface area contributed by atoms with Crippen molar-refractivity contribution in [2.24, 2.45) is 0 Å². The lowest BCUT2D eigenvalue weighted by Gasteiger charge is -2.21. The van der Waals surface area contributed by atoms with Crippen LogP contribution in [0.3, 0.4) is 0 Å². The Morgan fingerprint density at radius 2 is 1.76 bits per heavy atom. The Morgan fingerprint density at radius 3 is 2.33 bits per heavy atom. The number of benzene rings is 1. The van der Waals surface area contributed by atoms with Crippen LogP contribution in [0.2, 0.25) is 0 Å². The second kappa shape index (κ2) is 6.58. The van der Waals surface area contributed by atoms with Crippen molar-refractivity contribution in [1.29, 1.82) is 0 Å². The molecule has 0 saturated carbocycles. The van der Waals surface area contributed by atoms with Crippen molar-refractivity contribution in [3.63, 3.8) is 0 Å². The predicted molar refractivity (Wildman–Crippen MR) is 88.7 cm³/mol. The number of hydrogen-bond donors (Lipinski definition) is 1. The van der Waals surface area contributed by atoms with Crippen LogP contribution in [-0.4, -0.2) is 15.5 Å². The average Bonchev–Trinajstić information content (AvgIpc) is 2.39. The fourth-order valence-electron chi connectivity index (χ4n) is 1.83. The molecule has 0 aliphatic heterocycles. The molecule has 1 aromatic heterocycles. The van der Waals surface area contributed by atoms with Crippen LogP contribution in [0, 0.1) is 13.8 Å². The van der Waals surface area contributed by atoms with Gasteiger partial charge >= 0.3 is 0 Å². The van der Waals surface area contributed by atoms with Crippen LogP contribution >= 0.6 is 11.8 Å². The van der Waals surface area contributed by atoms with E-state index in [0.29, 0.717) is 0 Å². The Labute approximate surface area is 131 Å². The van der Waals surface area contributed by atoms with E-state index in [-0.39, 0.29) is 5.54 Å². The van der Waals surface area contributed by atoms with Crippen LogP contribution in [0.4, 0.5) is 0 Å². The molecule has 1 N–H and O–H groups in total. The SMILES string of the molecule is Cc1cnc(Sc2ccc(CNC(C)(C)C)c(C)c2)nc1. The summed E-state index contributed by atoms with van der Waals surface area (Å²) in [5, 5.41) is 4.32. The van der Waals surface area contributed by atoms with E-state index in [2.05, 4.69) is 61.2 Å². The van der Waals surface area contributed by atoms with Gasteiger partial charge in [-0.3, -0.25) is 0 Å². The highest BCUT2D eigenvalue weighted by molar-refractivity contribution is 7.99. The molecule has 0 saturated heterocycles. The topological polar surface area (TPSA) is 37.8 Å². The zero-order valence-corrected chi connectivity index (χ0v) is 14.2. The van der Waals surface area contributed by atoms with Crippen LogP contribution in [0.25, 0.3) is 0 Å². The quantitative estimate of drug-likeness (QED) is 0.862. The van der Waals surface area contributed by atoms with E-state index in [4.69, 9.17) is 0 Å². The minimum Gasteiger partial charge on any atom is -0.308 e.